The molecular formula is C14H12O2S. The van der Waals surface area contributed by atoms with Gasteiger partial charge in [0.05, 0.1) is 0 Å². The van der Waals surface area contributed by atoms with Crippen molar-refractivity contribution in [3.8, 4) is 10.4 Å². The molecule has 17 heavy (non-hydrogen) atoms. The van der Waals surface area contributed by atoms with E-state index in [-0.39, 0.29) is 5.78 Å². The predicted molar refractivity (Wildman–Crippen MR) is 69.8 cm³/mol. The van der Waals surface area contributed by atoms with Crippen LogP contribution in [0.3, 0.4) is 0 Å². The normalized spacial score (nSPS) is 10.2. The van der Waals surface area contributed by atoms with E-state index in [1.807, 2.05) is 36.6 Å². The third-order valence-corrected chi connectivity index (χ3v) is 3.59. The van der Waals surface area contributed by atoms with Crippen molar-refractivity contribution in [2.45, 2.75) is 13.3 Å². The second-order valence-corrected chi connectivity index (χ2v) is 4.59. The molecule has 0 spiro atoms. The van der Waals surface area contributed by atoms with Gasteiger partial charge in [-0.2, -0.15) is 0 Å². The largest absolute Gasteiger partial charge is 0.298 e. The average Bonchev–Trinajstić information content (AvgIpc) is 2.86. The second-order valence-electron chi connectivity index (χ2n) is 3.68. The molecule has 86 valence electrons. The molecule has 0 radical (unpaired) electrons. The second kappa shape index (κ2) is 5.06. The molecule has 0 aliphatic heterocycles. The molecule has 0 unspecified atom stereocenters. The van der Waals surface area contributed by atoms with Gasteiger partial charge in [-0.3, -0.25) is 9.59 Å². The Morgan fingerprint density at radius 1 is 1.24 bits per heavy atom. The van der Waals surface area contributed by atoms with Crippen LogP contribution < -0.4 is 0 Å². The van der Waals surface area contributed by atoms with E-state index in [1.54, 1.807) is 6.07 Å². The first kappa shape index (κ1) is 11.7. The van der Waals surface area contributed by atoms with Gasteiger partial charge >= 0.3 is 0 Å². The fourth-order valence-electron chi connectivity index (χ4n) is 1.66. The summed E-state index contributed by atoms with van der Waals surface area (Å²) in [6.07, 6.45) is 1.37. The molecule has 1 heterocycles. The van der Waals surface area contributed by atoms with Gasteiger partial charge in [-0.1, -0.05) is 31.2 Å². The third-order valence-electron chi connectivity index (χ3n) is 2.61. The van der Waals surface area contributed by atoms with Crippen molar-refractivity contribution in [3.05, 3.63) is 46.8 Å². The van der Waals surface area contributed by atoms with E-state index >= 15 is 0 Å². The van der Waals surface area contributed by atoms with Gasteiger partial charge in [0.2, 0.25) is 0 Å². The third kappa shape index (κ3) is 2.34. The van der Waals surface area contributed by atoms with Gasteiger partial charge in [0.25, 0.3) is 0 Å². The summed E-state index contributed by atoms with van der Waals surface area (Å²) in [5.41, 5.74) is 2.40. The summed E-state index contributed by atoms with van der Waals surface area (Å²) < 4.78 is 0. The van der Waals surface area contributed by atoms with Gasteiger partial charge in [0.1, 0.15) is 0 Å². The molecule has 1 aromatic heterocycles. The van der Waals surface area contributed by atoms with E-state index < -0.39 is 0 Å². The quantitative estimate of drug-likeness (QED) is 0.605. The Labute approximate surface area is 104 Å². The number of hydrogen-bond donors (Lipinski definition) is 0. The minimum absolute atomic E-state index is 0.137. The highest BCUT2D eigenvalue weighted by Crippen LogP contribution is 2.28. The van der Waals surface area contributed by atoms with E-state index in [0.717, 1.165) is 22.3 Å². The molecule has 0 bridgehead atoms. The highest BCUT2D eigenvalue weighted by molar-refractivity contribution is 7.14. The molecule has 2 aromatic rings. The van der Waals surface area contributed by atoms with E-state index in [9.17, 15) is 9.59 Å². The number of benzene rings is 1. The minimum atomic E-state index is 0.137. The molecule has 3 heteroatoms. The zero-order valence-corrected chi connectivity index (χ0v) is 10.3. The molecule has 0 saturated carbocycles. The number of carbonyl (C=O) groups excluding carboxylic acids is 2. The highest BCUT2D eigenvalue weighted by Gasteiger charge is 2.07. The molecule has 0 N–H and O–H groups in total. The van der Waals surface area contributed by atoms with Crippen LogP contribution in [0.15, 0.2) is 35.7 Å². The highest BCUT2D eigenvalue weighted by atomic mass is 32.1. The van der Waals surface area contributed by atoms with Gasteiger partial charge in [-0.15, -0.1) is 11.3 Å². The van der Waals surface area contributed by atoms with Crippen molar-refractivity contribution in [3.63, 3.8) is 0 Å². The summed E-state index contributed by atoms with van der Waals surface area (Å²) in [4.78, 5) is 23.3. The van der Waals surface area contributed by atoms with E-state index in [2.05, 4.69) is 0 Å². The van der Waals surface area contributed by atoms with Gasteiger partial charge in [-0.25, -0.2) is 0 Å². The molecule has 0 fully saturated rings. The maximum absolute atomic E-state index is 11.5. The Morgan fingerprint density at radius 2 is 1.94 bits per heavy atom. The Morgan fingerprint density at radius 3 is 2.53 bits per heavy atom. The number of ketones is 1. The number of carbonyl (C=O) groups is 2. The molecule has 0 aliphatic carbocycles. The zero-order valence-electron chi connectivity index (χ0n) is 9.47. The number of Topliss-reactive ketones (excluding diaryl/α,β-unsaturated/α-hetero) is 1. The van der Waals surface area contributed by atoms with E-state index in [4.69, 9.17) is 0 Å². The van der Waals surface area contributed by atoms with Gasteiger partial charge in [0.15, 0.2) is 12.1 Å². The number of thiophene rings is 1. The fraction of sp³-hybridized carbons (Fsp3) is 0.143. The molecule has 2 rings (SSSR count). The van der Waals surface area contributed by atoms with Crippen molar-refractivity contribution in [1.29, 1.82) is 0 Å². The van der Waals surface area contributed by atoms with Crippen molar-refractivity contribution in [2.24, 2.45) is 0 Å². The average molecular weight is 244 g/mol. The van der Waals surface area contributed by atoms with Crippen LogP contribution in [0.4, 0.5) is 0 Å². The lowest BCUT2D eigenvalue weighted by Gasteiger charge is -2.01. The number of aldehydes is 1. The van der Waals surface area contributed by atoms with Crippen LogP contribution >= 0.6 is 11.3 Å². The fourth-order valence-corrected chi connectivity index (χ4v) is 2.53. The van der Waals surface area contributed by atoms with E-state index in [0.29, 0.717) is 12.0 Å². The Balaban J connectivity index is 2.36. The Hall–Kier alpha value is -1.74. The monoisotopic (exact) mass is 244 g/mol. The lowest BCUT2D eigenvalue weighted by Crippen LogP contribution is -1.95. The predicted octanol–water partition coefficient (Wildman–Crippen LogP) is 3.82. The minimum Gasteiger partial charge on any atom is -0.298 e. The maximum atomic E-state index is 11.5. The lowest BCUT2D eigenvalue weighted by atomic mass is 10.0. The first-order valence-electron chi connectivity index (χ1n) is 5.42. The topological polar surface area (TPSA) is 34.1 Å². The zero-order chi connectivity index (χ0) is 12.3. The smallest absolute Gasteiger partial charge is 0.162 e. The molecule has 2 nitrogen and oxygen atoms in total. The molecule has 0 atom stereocenters. The van der Waals surface area contributed by atoms with E-state index in [1.165, 1.54) is 11.3 Å². The summed E-state index contributed by atoms with van der Waals surface area (Å²) in [5.74, 6) is 0.137. The summed E-state index contributed by atoms with van der Waals surface area (Å²) in [6, 6.07) is 9.21. The van der Waals surface area contributed by atoms with Crippen LogP contribution in [-0.2, 0) is 0 Å². The maximum Gasteiger partial charge on any atom is 0.162 e. The van der Waals surface area contributed by atoms with Crippen LogP contribution in [0, 0.1) is 0 Å². The number of rotatable bonds is 4. The standard InChI is InChI=1S/C14H12O2S/c1-2-13(16)10-3-5-11(6-4-10)14-12(9-15)7-8-17-14/h3-9H,2H2,1H3. The lowest BCUT2D eigenvalue weighted by molar-refractivity contribution is 0.0987. The number of hydrogen-bond acceptors (Lipinski definition) is 3. The molecule has 0 saturated heterocycles. The van der Waals surface area contributed by atoms with Gasteiger partial charge < -0.3 is 0 Å². The first-order chi connectivity index (χ1) is 8.26. The van der Waals surface area contributed by atoms with Crippen LogP contribution in [-0.4, -0.2) is 12.1 Å². The van der Waals surface area contributed by atoms with Crippen LogP contribution in [0.5, 0.6) is 0 Å². The van der Waals surface area contributed by atoms with Crippen molar-refractivity contribution in [1.82, 2.24) is 0 Å². The Kier molecular flexibility index (Phi) is 3.49. The summed E-state index contributed by atoms with van der Waals surface area (Å²) in [6.45, 7) is 1.85. The van der Waals surface area contributed by atoms with Gasteiger partial charge in [-0.05, 0) is 17.0 Å². The van der Waals surface area contributed by atoms with Crippen molar-refractivity contribution >= 4 is 23.4 Å². The SMILES string of the molecule is CCC(=O)c1ccc(-c2sccc2C=O)cc1. The molecule has 0 aliphatic rings. The van der Waals surface area contributed by atoms with Crippen LogP contribution in [0.2, 0.25) is 0 Å². The first-order valence-corrected chi connectivity index (χ1v) is 6.30. The Bertz CT molecular complexity index is 538. The summed E-state index contributed by atoms with van der Waals surface area (Å²) in [5, 5.41) is 1.89. The van der Waals surface area contributed by atoms with Gasteiger partial charge in [0, 0.05) is 22.4 Å². The molecular weight excluding hydrogens is 232 g/mol. The molecule has 0 amide bonds. The summed E-state index contributed by atoms with van der Waals surface area (Å²) >= 11 is 1.53. The van der Waals surface area contributed by atoms with Crippen LogP contribution in [0.25, 0.3) is 10.4 Å². The molecule has 1 aromatic carbocycles. The van der Waals surface area contributed by atoms with Crippen molar-refractivity contribution < 1.29 is 9.59 Å². The van der Waals surface area contributed by atoms with Crippen molar-refractivity contribution in [2.75, 3.05) is 0 Å². The summed E-state index contributed by atoms with van der Waals surface area (Å²) in [7, 11) is 0. The van der Waals surface area contributed by atoms with Crippen LogP contribution in [0.1, 0.15) is 34.1 Å².